The highest BCUT2D eigenvalue weighted by Crippen LogP contribution is 2.06. The van der Waals surface area contributed by atoms with E-state index in [0.29, 0.717) is 12.1 Å². The van der Waals surface area contributed by atoms with Crippen molar-refractivity contribution in [2.75, 3.05) is 34.2 Å². The fourth-order valence-electron chi connectivity index (χ4n) is 1.82. The number of nitrogens with one attached hydrogen (secondary N) is 2. The van der Waals surface area contributed by atoms with Gasteiger partial charge in [-0.15, -0.1) is 0 Å². The summed E-state index contributed by atoms with van der Waals surface area (Å²) in [6.07, 6.45) is 0.813. The fraction of sp³-hybridized carbons (Fsp3) is 0.467. The summed E-state index contributed by atoms with van der Waals surface area (Å²) in [7, 11) is 5.57. The normalized spacial score (nSPS) is 11.1. The van der Waals surface area contributed by atoms with Gasteiger partial charge in [0.25, 0.3) is 5.91 Å². The van der Waals surface area contributed by atoms with Crippen molar-refractivity contribution in [3.8, 4) is 0 Å². The number of benzene rings is 1. The maximum atomic E-state index is 11.6. The first-order valence-corrected chi connectivity index (χ1v) is 6.85. The van der Waals surface area contributed by atoms with Crippen molar-refractivity contribution in [1.29, 1.82) is 0 Å². The van der Waals surface area contributed by atoms with Crippen molar-refractivity contribution < 1.29 is 4.79 Å². The Kier molecular flexibility index (Phi) is 6.56. The van der Waals surface area contributed by atoms with Crippen LogP contribution in [0.4, 0.5) is 0 Å². The van der Waals surface area contributed by atoms with Crippen molar-refractivity contribution in [3.05, 3.63) is 35.4 Å². The van der Waals surface area contributed by atoms with Crippen LogP contribution >= 0.6 is 0 Å². The van der Waals surface area contributed by atoms with Crippen LogP contribution in [0.25, 0.3) is 0 Å². The van der Waals surface area contributed by atoms with Crippen molar-refractivity contribution in [2.24, 2.45) is 4.99 Å². The number of rotatable bonds is 5. The molecule has 110 valence electrons. The first kappa shape index (κ1) is 16.0. The van der Waals surface area contributed by atoms with Crippen molar-refractivity contribution in [1.82, 2.24) is 15.5 Å². The van der Waals surface area contributed by atoms with Gasteiger partial charge in [-0.3, -0.25) is 9.79 Å². The highest BCUT2D eigenvalue weighted by molar-refractivity contribution is 5.94. The number of carbonyl (C=O) groups excluding carboxylic acids is 1. The largest absolute Gasteiger partial charge is 0.357 e. The Labute approximate surface area is 121 Å². The molecule has 0 spiro atoms. The number of nitrogens with zero attached hydrogens (tertiary/aromatic N) is 2. The molecule has 5 heteroatoms. The minimum absolute atomic E-state index is 0.0584. The van der Waals surface area contributed by atoms with Gasteiger partial charge in [-0.1, -0.05) is 12.1 Å². The Morgan fingerprint density at radius 2 is 2.10 bits per heavy atom. The highest BCUT2D eigenvalue weighted by Gasteiger charge is 2.04. The van der Waals surface area contributed by atoms with E-state index in [2.05, 4.69) is 15.6 Å². The summed E-state index contributed by atoms with van der Waals surface area (Å²) in [6, 6.07) is 7.65. The molecule has 1 amide bonds. The molecule has 5 nitrogen and oxygen atoms in total. The molecule has 0 aliphatic carbocycles. The van der Waals surface area contributed by atoms with Gasteiger partial charge in [0, 0.05) is 39.8 Å². The van der Waals surface area contributed by atoms with Gasteiger partial charge in [0.05, 0.1) is 0 Å². The summed E-state index contributed by atoms with van der Waals surface area (Å²) < 4.78 is 0. The molecule has 2 N–H and O–H groups in total. The number of aliphatic imine (C=N–C) groups is 1. The monoisotopic (exact) mass is 276 g/mol. The van der Waals surface area contributed by atoms with Crippen molar-refractivity contribution in [2.45, 2.75) is 13.3 Å². The molecule has 0 saturated heterocycles. The van der Waals surface area contributed by atoms with Crippen LogP contribution in [-0.4, -0.2) is 51.0 Å². The first-order chi connectivity index (χ1) is 9.58. The molecule has 1 aromatic rings. The van der Waals surface area contributed by atoms with E-state index in [1.54, 1.807) is 7.05 Å². The van der Waals surface area contributed by atoms with E-state index in [9.17, 15) is 4.79 Å². The average molecular weight is 276 g/mol. The Morgan fingerprint density at radius 3 is 2.70 bits per heavy atom. The first-order valence-electron chi connectivity index (χ1n) is 6.85. The van der Waals surface area contributed by atoms with Gasteiger partial charge in [-0.25, -0.2) is 0 Å². The zero-order valence-electron chi connectivity index (χ0n) is 12.7. The molecule has 0 heterocycles. The second kappa shape index (κ2) is 8.19. The van der Waals surface area contributed by atoms with Crippen LogP contribution in [0.2, 0.25) is 0 Å². The second-order valence-electron chi connectivity index (χ2n) is 4.66. The summed E-state index contributed by atoms with van der Waals surface area (Å²) in [5, 5.41) is 5.85. The lowest BCUT2D eigenvalue weighted by atomic mass is 10.1. The van der Waals surface area contributed by atoms with Gasteiger partial charge >= 0.3 is 0 Å². The van der Waals surface area contributed by atoms with Crippen LogP contribution in [0.3, 0.4) is 0 Å². The minimum Gasteiger partial charge on any atom is -0.357 e. The molecule has 1 rings (SSSR count). The molecule has 20 heavy (non-hydrogen) atoms. The van der Waals surface area contributed by atoms with Gasteiger partial charge in [0.1, 0.15) is 0 Å². The number of carbonyl (C=O) groups is 1. The van der Waals surface area contributed by atoms with Crippen molar-refractivity contribution >= 4 is 11.9 Å². The molecule has 0 saturated carbocycles. The third-order valence-corrected chi connectivity index (χ3v) is 2.84. The van der Waals surface area contributed by atoms with Crippen LogP contribution in [0.5, 0.6) is 0 Å². The number of hydrogen-bond donors (Lipinski definition) is 2. The Balaban J connectivity index is 2.65. The van der Waals surface area contributed by atoms with E-state index in [1.807, 2.05) is 50.2 Å². The summed E-state index contributed by atoms with van der Waals surface area (Å²) >= 11 is 0. The standard InChI is InChI=1S/C15H24N4O/c1-5-17-15(19(3)4)18-10-9-12-7-6-8-13(11-12)14(20)16-2/h6-8,11H,5,9-10H2,1-4H3,(H,16,20)(H,17,18). The lowest BCUT2D eigenvalue weighted by Crippen LogP contribution is -2.36. The Hall–Kier alpha value is -2.04. The maximum absolute atomic E-state index is 11.6. The summed E-state index contributed by atoms with van der Waals surface area (Å²) in [5.74, 6) is 0.826. The number of amides is 1. The third kappa shape index (κ3) is 4.91. The van der Waals surface area contributed by atoms with E-state index in [1.165, 1.54) is 0 Å². The Bertz CT molecular complexity index is 469. The SMILES string of the molecule is CCNC(=NCCc1cccc(C(=O)NC)c1)N(C)C. The molecule has 0 aliphatic rings. The molecule has 0 fully saturated rings. The van der Waals surface area contributed by atoms with E-state index >= 15 is 0 Å². The molecular formula is C15H24N4O. The van der Waals surface area contributed by atoms with Crippen LogP contribution in [0, 0.1) is 0 Å². The Morgan fingerprint density at radius 1 is 1.35 bits per heavy atom. The molecule has 0 bridgehead atoms. The van der Waals surface area contributed by atoms with Gasteiger partial charge in [-0.05, 0) is 31.0 Å². The molecule has 0 aromatic heterocycles. The smallest absolute Gasteiger partial charge is 0.251 e. The summed E-state index contributed by atoms with van der Waals surface area (Å²) in [6.45, 7) is 3.59. The number of guanidine groups is 1. The van der Waals surface area contributed by atoms with Crippen molar-refractivity contribution in [3.63, 3.8) is 0 Å². The quantitative estimate of drug-likeness (QED) is 0.626. The predicted octanol–water partition coefficient (Wildman–Crippen LogP) is 1.12. The topological polar surface area (TPSA) is 56.7 Å². The summed E-state index contributed by atoms with van der Waals surface area (Å²) in [5.41, 5.74) is 1.80. The highest BCUT2D eigenvalue weighted by atomic mass is 16.1. The van der Waals surface area contributed by atoms with Crippen LogP contribution in [0.1, 0.15) is 22.8 Å². The predicted molar refractivity (Wildman–Crippen MR) is 83.2 cm³/mol. The number of hydrogen-bond acceptors (Lipinski definition) is 2. The average Bonchev–Trinajstić information content (AvgIpc) is 2.45. The van der Waals surface area contributed by atoms with Gasteiger partial charge in [-0.2, -0.15) is 0 Å². The molecule has 1 aromatic carbocycles. The maximum Gasteiger partial charge on any atom is 0.251 e. The minimum atomic E-state index is -0.0584. The molecule has 0 unspecified atom stereocenters. The molecule has 0 atom stereocenters. The third-order valence-electron chi connectivity index (χ3n) is 2.84. The lowest BCUT2D eigenvalue weighted by molar-refractivity contribution is 0.0963. The van der Waals surface area contributed by atoms with Crippen LogP contribution < -0.4 is 10.6 Å². The van der Waals surface area contributed by atoms with E-state index in [4.69, 9.17) is 0 Å². The lowest BCUT2D eigenvalue weighted by Gasteiger charge is -2.16. The zero-order chi connectivity index (χ0) is 15.0. The zero-order valence-corrected chi connectivity index (χ0v) is 12.7. The fourth-order valence-corrected chi connectivity index (χ4v) is 1.82. The molecule has 0 aliphatic heterocycles. The van der Waals surface area contributed by atoms with E-state index < -0.39 is 0 Å². The van der Waals surface area contributed by atoms with Gasteiger partial charge in [0.15, 0.2) is 5.96 Å². The van der Waals surface area contributed by atoms with E-state index in [0.717, 1.165) is 24.5 Å². The summed E-state index contributed by atoms with van der Waals surface area (Å²) in [4.78, 5) is 18.1. The molecular weight excluding hydrogens is 252 g/mol. The van der Waals surface area contributed by atoms with Crippen LogP contribution in [0.15, 0.2) is 29.3 Å². The molecule has 0 radical (unpaired) electrons. The van der Waals surface area contributed by atoms with Gasteiger partial charge < -0.3 is 15.5 Å². The van der Waals surface area contributed by atoms with Crippen LogP contribution in [-0.2, 0) is 6.42 Å². The second-order valence-corrected chi connectivity index (χ2v) is 4.66. The van der Waals surface area contributed by atoms with Gasteiger partial charge in [0.2, 0.25) is 0 Å². The van der Waals surface area contributed by atoms with E-state index in [-0.39, 0.29) is 5.91 Å².